The van der Waals surface area contributed by atoms with Gasteiger partial charge in [0.05, 0.1) is 0 Å². The molecule has 1 aliphatic heterocycles. The van der Waals surface area contributed by atoms with Crippen molar-refractivity contribution in [3.8, 4) is 0 Å². The van der Waals surface area contributed by atoms with Crippen LogP contribution in [0.1, 0.15) is 43.0 Å². The molecule has 2 amide bonds. The summed E-state index contributed by atoms with van der Waals surface area (Å²) < 4.78 is 0. The van der Waals surface area contributed by atoms with Crippen molar-refractivity contribution in [3.63, 3.8) is 0 Å². The van der Waals surface area contributed by atoms with Crippen LogP contribution >= 0.6 is 11.6 Å². The molecule has 24 heavy (non-hydrogen) atoms. The quantitative estimate of drug-likeness (QED) is 0.707. The Morgan fingerprint density at radius 2 is 2.00 bits per heavy atom. The van der Waals surface area contributed by atoms with Crippen molar-refractivity contribution in [2.75, 3.05) is 26.2 Å². The monoisotopic (exact) mass is 351 g/mol. The first kappa shape index (κ1) is 18.7. The molecule has 132 valence electrons. The smallest absolute Gasteiger partial charge is 0.251 e. The lowest BCUT2D eigenvalue weighted by molar-refractivity contribution is -0.121. The van der Waals surface area contributed by atoms with Gasteiger partial charge in [-0.15, -0.1) is 0 Å². The zero-order valence-electron chi connectivity index (χ0n) is 14.2. The van der Waals surface area contributed by atoms with Crippen molar-refractivity contribution in [1.29, 1.82) is 0 Å². The first-order chi connectivity index (χ1) is 11.6. The molecule has 6 heteroatoms. The topological polar surface area (TPSA) is 61.4 Å². The third kappa shape index (κ3) is 5.80. The molecule has 0 bridgehead atoms. The highest BCUT2D eigenvalue weighted by molar-refractivity contribution is 6.30. The van der Waals surface area contributed by atoms with E-state index in [0.717, 1.165) is 26.1 Å². The number of carbonyl (C=O) groups is 2. The highest BCUT2D eigenvalue weighted by Crippen LogP contribution is 2.15. The molecule has 5 nitrogen and oxygen atoms in total. The number of hydrogen-bond acceptors (Lipinski definition) is 3. The van der Waals surface area contributed by atoms with Gasteiger partial charge in [-0.25, -0.2) is 0 Å². The Labute approximate surface area is 148 Å². The van der Waals surface area contributed by atoms with Crippen molar-refractivity contribution < 1.29 is 9.59 Å². The van der Waals surface area contributed by atoms with Crippen molar-refractivity contribution >= 4 is 23.4 Å². The molecule has 1 unspecified atom stereocenters. The van der Waals surface area contributed by atoms with E-state index < -0.39 is 0 Å². The predicted octanol–water partition coefficient (Wildman–Crippen LogP) is 2.45. The van der Waals surface area contributed by atoms with Crippen LogP contribution in [0.3, 0.4) is 0 Å². The van der Waals surface area contributed by atoms with Crippen LogP contribution in [0, 0.1) is 0 Å². The lowest BCUT2D eigenvalue weighted by atomic mass is 10.2. The summed E-state index contributed by atoms with van der Waals surface area (Å²) in [6.07, 6.45) is 3.43. The SMILES string of the molecule is CCN1CCCC1CNC(=O)CCCNC(=O)c1ccc(Cl)cc1. The van der Waals surface area contributed by atoms with E-state index in [2.05, 4.69) is 22.5 Å². The van der Waals surface area contributed by atoms with Crippen LogP contribution in [0.15, 0.2) is 24.3 Å². The minimum Gasteiger partial charge on any atom is -0.355 e. The van der Waals surface area contributed by atoms with Crippen LogP contribution in [0.2, 0.25) is 5.02 Å². The van der Waals surface area contributed by atoms with E-state index in [0.29, 0.717) is 36.0 Å². The van der Waals surface area contributed by atoms with Crippen LogP contribution < -0.4 is 10.6 Å². The summed E-state index contributed by atoms with van der Waals surface area (Å²) in [5.74, 6) is -0.0877. The maximum absolute atomic E-state index is 11.9. The first-order valence-corrected chi connectivity index (χ1v) is 9.02. The van der Waals surface area contributed by atoms with Crippen molar-refractivity contribution in [3.05, 3.63) is 34.9 Å². The van der Waals surface area contributed by atoms with Gasteiger partial charge in [0.25, 0.3) is 5.91 Å². The number of amides is 2. The second-order valence-electron chi connectivity index (χ2n) is 6.10. The van der Waals surface area contributed by atoms with Crippen molar-refractivity contribution in [1.82, 2.24) is 15.5 Å². The molecule has 1 aromatic rings. The summed E-state index contributed by atoms with van der Waals surface area (Å²) in [6, 6.07) is 7.22. The molecule has 2 N–H and O–H groups in total. The van der Waals surface area contributed by atoms with Gasteiger partial charge in [0.2, 0.25) is 5.91 Å². The standard InChI is InChI=1S/C18H26ClN3O2/c1-2-22-12-4-5-16(22)13-21-17(23)6-3-11-20-18(24)14-7-9-15(19)10-8-14/h7-10,16H,2-6,11-13H2,1H3,(H,20,24)(H,21,23). The Morgan fingerprint density at radius 3 is 2.71 bits per heavy atom. The highest BCUT2D eigenvalue weighted by Gasteiger charge is 2.22. The van der Waals surface area contributed by atoms with Gasteiger partial charge in [0.1, 0.15) is 0 Å². The summed E-state index contributed by atoms with van der Waals surface area (Å²) in [5.41, 5.74) is 0.574. The molecule has 1 heterocycles. The van der Waals surface area contributed by atoms with Gasteiger partial charge < -0.3 is 10.6 Å². The number of nitrogens with zero attached hydrogens (tertiary/aromatic N) is 1. The second-order valence-corrected chi connectivity index (χ2v) is 6.53. The molecule has 1 fully saturated rings. The van der Waals surface area contributed by atoms with E-state index in [-0.39, 0.29) is 11.8 Å². The zero-order valence-corrected chi connectivity index (χ0v) is 14.9. The lowest BCUT2D eigenvalue weighted by Gasteiger charge is -2.22. The fourth-order valence-electron chi connectivity index (χ4n) is 3.02. The van der Waals surface area contributed by atoms with Gasteiger partial charge in [-0.1, -0.05) is 18.5 Å². The molecule has 0 radical (unpaired) electrons. The van der Waals surface area contributed by atoms with Gasteiger partial charge >= 0.3 is 0 Å². The number of nitrogens with one attached hydrogen (secondary N) is 2. The van der Waals surface area contributed by atoms with Crippen molar-refractivity contribution in [2.45, 2.75) is 38.6 Å². The number of likely N-dealkylation sites (N-methyl/N-ethyl adjacent to an activating group) is 1. The summed E-state index contributed by atoms with van der Waals surface area (Å²) in [5, 5.41) is 6.43. The predicted molar refractivity (Wildman–Crippen MR) is 96.3 cm³/mol. The molecule has 1 aromatic carbocycles. The van der Waals surface area contributed by atoms with Crippen LogP contribution in [0.4, 0.5) is 0 Å². The summed E-state index contributed by atoms with van der Waals surface area (Å²) in [6.45, 7) is 5.54. The number of carbonyl (C=O) groups excluding carboxylic acids is 2. The van der Waals surface area contributed by atoms with Gasteiger partial charge in [-0.2, -0.15) is 0 Å². The Kier molecular flexibility index (Phi) is 7.53. The Morgan fingerprint density at radius 1 is 1.25 bits per heavy atom. The molecule has 0 aromatic heterocycles. The number of halogens is 1. The molecule has 0 saturated carbocycles. The fraction of sp³-hybridized carbons (Fsp3) is 0.556. The Bertz CT molecular complexity index is 548. The maximum atomic E-state index is 11.9. The third-order valence-corrected chi connectivity index (χ3v) is 4.66. The Hall–Kier alpha value is -1.59. The average Bonchev–Trinajstić information content (AvgIpc) is 3.05. The summed E-state index contributed by atoms with van der Waals surface area (Å²) >= 11 is 5.79. The molecule has 2 rings (SSSR count). The van der Waals surface area contributed by atoms with E-state index in [9.17, 15) is 9.59 Å². The number of rotatable bonds is 8. The molecule has 1 atom stereocenters. The summed E-state index contributed by atoms with van der Waals surface area (Å²) in [4.78, 5) is 26.2. The van der Waals surface area contributed by atoms with Crippen molar-refractivity contribution in [2.24, 2.45) is 0 Å². The second kappa shape index (κ2) is 9.64. The van der Waals surface area contributed by atoms with Gasteiger partial charge in [-0.3, -0.25) is 14.5 Å². The van der Waals surface area contributed by atoms with Crippen LogP contribution in [0.25, 0.3) is 0 Å². The number of likely N-dealkylation sites (tertiary alicyclic amines) is 1. The van der Waals surface area contributed by atoms with E-state index in [4.69, 9.17) is 11.6 Å². The van der Waals surface area contributed by atoms with Gasteiger partial charge in [-0.05, 0) is 56.6 Å². The van der Waals surface area contributed by atoms with E-state index in [1.807, 2.05) is 0 Å². The number of benzene rings is 1. The lowest BCUT2D eigenvalue weighted by Crippen LogP contribution is -2.40. The maximum Gasteiger partial charge on any atom is 0.251 e. The average molecular weight is 352 g/mol. The normalized spacial score (nSPS) is 17.7. The molecule has 0 spiro atoms. The molecular formula is C18H26ClN3O2. The first-order valence-electron chi connectivity index (χ1n) is 8.64. The van der Waals surface area contributed by atoms with Crippen LogP contribution in [-0.4, -0.2) is 48.9 Å². The molecule has 1 aliphatic rings. The van der Waals surface area contributed by atoms with Gasteiger partial charge in [0.15, 0.2) is 0 Å². The number of hydrogen-bond donors (Lipinski definition) is 2. The van der Waals surface area contributed by atoms with Crippen LogP contribution in [-0.2, 0) is 4.79 Å². The van der Waals surface area contributed by atoms with Crippen LogP contribution in [0.5, 0.6) is 0 Å². The minimum atomic E-state index is -0.142. The zero-order chi connectivity index (χ0) is 17.4. The highest BCUT2D eigenvalue weighted by atomic mass is 35.5. The Balaban J connectivity index is 1.59. The summed E-state index contributed by atoms with van der Waals surface area (Å²) in [7, 11) is 0. The van der Waals surface area contributed by atoms with E-state index >= 15 is 0 Å². The minimum absolute atomic E-state index is 0.0543. The fourth-order valence-corrected chi connectivity index (χ4v) is 3.14. The largest absolute Gasteiger partial charge is 0.355 e. The molecular weight excluding hydrogens is 326 g/mol. The van der Waals surface area contributed by atoms with E-state index in [1.54, 1.807) is 24.3 Å². The van der Waals surface area contributed by atoms with E-state index in [1.165, 1.54) is 6.42 Å². The third-order valence-electron chi connectivity index (χ3n) is 4.41. The molecule has 1 saturated heterocycles. The molecule has 0 aliphatic carbocycles. The van der Waals surface area contributed by atoms with Gasteiger partial charge in [0, 0.05) is 36.1 Å².